The van der Waals surface area contributed by atoms with Crippen LogP contribution in [0.3, 0.4) is 0 Å². The maximum absolute atomic E-state index is 12.0. The summed E-state index contributed by atoms with van der Waals surface area (Å²) < 4.78 is 0. The standard InChI is InChI=1S/C31H50N6O2/c1-2-3-4-5-6-7-8-9-10-11-12-13-14-18-21-32-30-29(37(38)39)31(34-27-33-30)36-24-22-35(23-25-36)26-28-19-16-15-17-20-28/h15-17,19-20,27H,2-14,18,21-26H2,1H3,(H,32,33,34). The van der Waals surface area contributed by atoms with E-state index in [1.165, 1.54) is 88.9 Å². The van der Waals surface area contributed by atoms with Gasteiger partial charge >= 0.3 is 5.69 Å². The predicted octanol–water partition coefficient (Wildman–Crippen LogP) is 7.60. The third-order valence-corrected chi connectivity index (χ3v) is 7.73. The Hall–Kier alpha value is -2.74. The maximum Gasteiger partial charge on any atom is 0.353 e. The van der Waals surface area contributed by atoms with E-state index in [1.807, 2.05) is 11.0 Å². The van der Waals surface area contributed by atoms with Gasteiger partial charge in [0.05, 0.1) is 4.92 Å². The van der Waals surface area contributed by atoms with Crippen molar-refractivity contribution in [2.24, 2.45) is 0 Å². The van der Waals surface area contributed by atoms with Gasteiger partial charge < -0.3 is 10.2 Å². The summed E-state index contributed by atoms with van der Waals surface area (Å²) in [6.45, 7) is 6.97. The van der Waals surface area contributed by atoms with E-state index in [1.54, 1.807) is 0 Å². The van der Waals surface area contributed by atoms with Crippen molar-refractivity contribution in [3.8, 4) is 0 Å². The fourth-order valence-electron chi connectivity index (χ4n) is 5.38. The molecule has 39 heavy (non-hydrogen) atoms. The van der Waals surface area contributed by atoms with Crippen LogP contribution in [0.2, 0.25) is 0 Å². The van der Waals surface area contributed by atoms with E-state index in [2.05, 4.69) is 51.4 Å². The summed E-state index contributed by atoms with van der Waals surface area (Å²) in [6.07, 6.45) is 19.9. The van der Waals surface area contributed by atoms with Crippen molar-refractivity contribution in [2.45, 2.75) is 103 Å². The van der Waals surface area contributed by atoms with Gasteiger partial charge in [-0.2, -0.15) is 0 Å². The smallest absolute Gasteiger partial charge is 0.353 e. The van der Waals surface area contributed by atoms with Crippen LogP contribution in [0.5, 0.6) is 0 Å². The molecule has 1 N–H and O–H groups in total. The summed E-state index contributed by atoms with van der Waals surface area (Å²) in [7, 11) is 0. The summed E-state index contributed by atoms with van der Waals surface area (Å²) in [6, 6.07) is 10.4. The molecule has 1 aromatic carbocycles. The van der Waals surface area contributed by atoms with E-state index in [4.69, 9.17) is 0 Å². The van der Waals surface area contributed by atoms with Gasteiger partial charge in [0.2, 0.25) is 11.6 Å². The lowest BCUT2D eigenvalue weighted by Crippen LogP contribution is -2.46. The monoisotopic (exact) mass is 538 g/mol. The molecular formula is C31H50N6O2. The summed E-state index contributed by atoms with van der Waals surface area (Å²) in [4.78, 5) is 24.6. The lowest BCUT2D eigenvalue weighted by atomic mass is 10.0. The Balaban J connectivity index is 1.31. The van der Waals surface area contributed by atoms with E-state index < -0.39 is 0 Å². The first-order valence-electron chi connectivity index (χ1n) is 15.4. The normalized spacial score (nSPS) is 14.0. The third kappa shape index (κ3) is 11.5. The Kier molecular flexibility index (Phi) is 14.6. The van der Waals surface area contributed by atoms with Crippen LogP contribution >= 0.6 is 0 Å². The molecule has 1 aromatic heterocycles. The molecule has 0 unspecified atom stereocenters. The number of aromatic nitrogens is 2. The zero-order valence-corrected chi connectivity index (χ0v) is 24.2. The predicted molar refractivity (Wildman–Crippen MR) is 161 cm³/mol. The number of unbranched alkanes of at least 4 members (excludes halogenated alkanes) is 13. The highest BCUT2D eigenvalue weighted by Gasteiger charge is 2.29. The molecule has 0 bridgehead atoms. The van der Waals surface area contributed by atoms with E-state index in [0.29, 0.717) is 31.3 Å². The van der Waals surface area contributed by atoms with Crippen LogP contribution in [-0.4, -0.2) is 52.5 Å². The minimum absolute atomic E-state index is 0.000581. The number of benzene rings is 1. The Labute approximate surface area is 235 Å². The van der Waals surface area contributed by atoms with E-state index in [9.17, 15) is 10.1 Å². The molecule has 216 valence electrons. The molecule has 0 atom stereocenters. The Morgan fingerprint density at radius 3 is 1.92 bits per heavy atom. The number of anilines is 2. The molecular weight excluding hydrogens is 488 g/mol. The van der Waals surface area contributed by atoms with E-state index in [-0.39, 0.29) is 10.6 Å². The van der Waals surface area contributed by atoms with Crippen molar-refractivity contribution in [3.05, 3.63) is 52.3 Å². The number of nitrogens with zero attached hydrogens (tertiary/aromatic N) is 5. The average Bonchev–Trinajstić information content (AvgIpc) is 2.96. The molecule has 1 saturated heterocycles. The first-order chi connectivity index (χ1) is 19.2. The van der Waals surface area contributed by atoms with Crippen LogP contribution in [0.25, 0.3) is 0 Å². The van der Waals surface area contributed by atoms with Crippen molar-refractivity contribution in [1.82, 2.24) is 14.9 Å². The van der Waals surface area contributed by atoms with Crippen LogP contribution in [0.4, 0.5) is 17.3 Å². The first-order valence-corrected chi connectivity index (χ1v) is 15.4. The second-order valence-corrected chi connectivity index (χ2v) is 10.9. The molecule has 8 heteroatoms. The summed E-state index contributed by atoms with van der Waals surface area (Å²) >= 11 is 0. The Morgan fingerprint density at radius 1 is 0.795 bits per heavy atom. The Morgan fingerprint density at radius 2 is 1.36 bits per heavy atom. The number of nitrogens with one attached hydrogen (secondary N) is 1. The molecule has 2 aromatic rings. The van der Waals surface area contributed by atoms with Crippen molar-refractivity contribution in [2.75, 3.05) is 42.9 Å². The number of piperazine rings is 1. The van der Waals surface area contributed by atoms with Crippen LogP contribution in [-0.2, 0) is 6.54 Å². The molecule has 1 aliphatic rings. The first kappa shape index (κ1) is 30.8. The van der Waals surface area contributed by atoms with Gasteiger partial charge in [0.25, 0.3) is 0 Å². The van der Waals surface area contributed by atoms with E-state index in [0.717, 1.165) is 32.5 Å². The van der Waals surface area contributed by atoms with Crippen LogP contribution < -0.4 is 10.2 Å². The van der Waals surface area contributed by atoms with Crippen LogP contribution in [0, 0.1) is 10.1 Å². The van der Waals surface area contributed by atoms with Gasteiger partial charge in [-0.15, -0.1) is 0 Å². The van der Waals surface area contributed by atoms with Crippen molar-refractivity contribution < 1.29 is 4.92 Å². The van der Waals surface area contributed by atoms with Crippen LogP contribution in [0.1, 0.15) is 102 Å². The van der Waals surface area contributed by atoms with Gasteiger partial charge in [0.15, 0.2) is 0 Å². The highest BCUT2D eigenvalue weighted by Crippen LogP contribution is 2.32. The average molecular weight is 539 g/mol. The third-order valence-electron chi connectivity index (χ3n) is 7.73. The van der Waals surface area contributed by atoms with Crippen molar-refractivity contribution >= 4 is 17.3 Å². The SMILES string of the molecule is CCCCCCCCCCCCCCCCNc1ncnc(N2CCN(Cc3ccccc3)CC2)c1[N+](=O)[O-]. The van der Waals surface area contributed by atoms with Gasteiger partial charge in [0.1, 0.15) is 6.33 Å². The zero-order chi connectivity index (χ0) is 27.5. The van der Waals surface area contributed by atoms with Crippen LogP contribution in [0.15, 0.2) is 36.7 Å². The van der Waals surface area contributed by atoms with Gasteiger partial charge in [0, 0.05) is 39.3 Å². The minimum atomic E-state index is -0.334. The number of hydrogen-bond acceptors (Lipinski definition) is 7. The summed E-state index contributed by atoms with van der Waals surface area (Å²) in [5, 5.41) is 15.2. The second-order valence-electron chi connectivity index (χ2n) is 10.9. The van der Waals surface area contributed by atoms with Gasteiger partial charge in [-0.25, -0.2) is 9.97 Å². The molecule has 0 saturated carbocycles. The van der Waals surface area contributed by atoms with Gasteiger partial charge in [-0.3, -0.25) is 15.0 Å². The number of nitro groups is 1. The topological polar surface area (TPSA) is 87.4 Å². The zero-order valence-electron chi connectivity index (χ0n) is 24.2. The molecule has 0 spiro atoms. The summed E-state index contributed by atoms with van der Waals surface area (Å²) in [5.74, 6) is 0.768. The molecule has 3 rings (SSSR count). The molecule has 1 aliphatic heterocycles. The number of rotatable bonds is 20. The second kappa shape index (κ2) is 18.5. The summed E-state index contributed by atoms with van der Waals surface area (Å²) in [5.41, 5.74) is 1.29. The molecule has 8 nitrogen and oxygen atoms in total. The largest absolute Gasteiger partial charge is 0.364 e. The van der Waals surface area contributed by atoms with E-state index >= 15 is 0 Å². The molecule has 0 radical (unpaired) electrons. The molecule has 0 amide bonds. The lowest BCUT2D eigenvalue weighted by Gasteiger charge is -2.35. The fraction of sp³-hybridized carbons (Fsp3) is 0.677. The number of hydrogen-bond donors (Lipinski definition) is 1. The Bertz CT molecular complexity index is 934. The molecule has 1 fully saturated rings. The quantitative estimate of drug-likeness (QED) is 0.105. The maximum atomic E-state index is 12.0. The van der Waals surface area contributed by atoms with Gasteiger partial charge in [-0.1, -0.05) is 121 Å². The molecule has 0 aliphatic carbocycles. The fourth-order valence-corrected chi connectivity index (χ4v) is 5.38. The van der Waals surface area contributed by atoms with Crippen molar-refractivity contribution in [1.29, 1.82) is 0 Å². The minimum Gasteiger partial charge on any atom is -0.364 e. The highest BCUT2D eigenvalue weighted by molar-refractivity contribution is 5.70. The van der Waals surface area contributed by atoms with Gasteiger partial charge in [-0.05, 0) is 12.0 Å². The van der Waals surface area contributed by atoms with Crippen molar-refractivity contribution in [3.63, 3.8) is 0 Å². The lowest BCUT2D eigenvalue weighted by molar-refractivity contribution is -0.383. The molecule has 2 heterocycles. The highest BCUT2D eigenvalue weighted by atomic mass is 16.6.